The van der Waals surface area contributed by atoms with E-state index in [0.717, 1.165) is 45.1 Å². The van der Waals surface area contributed by atoms with Crippen LogP contribution in [0.1, 0.15) is 90.4 Å². The first-order valence-electron chi connectivity index (χ1n) is 13.6. The van der Waals surface area contributed by atoms with Gasteiger partial charge in [0.2, 0.25) is 5.91 Å². The van der Waals surface area contributed by atoms with Gasteiger partial charge in [0.1, 0.15) is 5.69 Å². The molecule has 194 valence electrons. The molecule has 0 unspecified atom stereocenters. The first-order valence-corrected chi connectivity index (χ1v) is 13.6. The van der Waals surface area contributed by atoms with Crippen molar-refractivity contribution in [1.82, 2.24) is 19.7 Å². The molecule has 2 saturated heterocycles. The van der Waals surface area contributed by atoms with Crippen LogP contribution in [0.5, 0.6) is 0 Å². The van der Waals surface area contributed by atoms with Crippen LogP contribution in [0.4, 0.5) is 0 Å². The largest absolute Gasteiger partial charge is 0.461 e. The SMILES string of the molecule is CCOC(=O)c1[nH]c(C)c(C(=O)N2CCC(CC(=O)N3CCN(C4CCCCC4)CC3)CC2)c1C. The van der Waals surface area contributed by atoms with Crippen LogP contribution in [0.25, 0.3) is 0 Å². The maximum absolute atomic E-state index is 13.2. The predicted molar refractivity (Wildman–Crippen MR) is 134 cm³/mol. The third-order valence-corrected chi connectivity index (χ3v) is 8.25. The van der Waals surface area contributed by atoms with E-state index in [-0.39, 0.29) is 11.8 Å². The van der Waals surface area contributed by atoms with Gasteiger partial charge in [0.15, 0.2) is 0 Å². The van der Waals surface area contributed by atoms with Crippen molar-refractivity contribution in [2.45, 2.75) is 78.2 Å². The van der Waals surface area contributed by atoms with E-state index in [4.69, 9.17) is 4.74 Å². The number of likely N-dealkylation sites (tertiary alicyclic amines) is 1. The lowest BCUT2D eigenvalue weighted by Crippen LogP contribution is -2.52. The molecule has 1 aromatic rings. The lowest BCUT2D eigenvalue weighted by Gasteiger charge is -2.41. The number of piperazine rings is 1. The number of H-pyrrole nitrogens is 1. The average Bonchev–Trinajstić information content (AvgIpc) is 3.18. The molecule has 8 heteroatoms. The van der Waals surface area contributed by atoms with Crippen molar-refractivity contribution in [3.05, 3.63) is 22.5 Å². The highest BCUT2D eigenvalue weighted by Gasteiger charge is 2.32. The number of rotatable bonds is 6. The quantitative estimate of drug-likeness (QED) is 0.622. The van der Waals surface area contributed by atoms with Gasteiger partial charge < -0.3 is 19.5 Å². The molecule has 2 amide bonds. The molecule has 1 saturated carbocycles. The highest BCUT2D eigenvalue weighted by atomic mass is 16.5. The van der Waals surface area contributed by atoms with Crippen LogP contribution in [0.15, 0.2) is 0 Å². The molecule has 0 atom stereocenters. The molecule has 1 aliphatic carbocycles. The van der Waals surface area contributed by atoms with Crippen molar-refractivity contribution >= 4 is 17.8 Å². The average molecular weight is 487 g/mol. The second-order valence-corrected chi connectivity index (χ2v) is 10.5. The molecule has 1 aromatic heterocycles. The Bertz CT molecular complexity index is 905. The van der Waals surface area contributed by atoms with Crippen molar-refractivity contribution in [3.8, 4) is 0 Å². The highest BCUT2D eigenvalue weighted by molar-refractivity contribution is 6.01. The van der Waals surface area contributed by atoms with Gasteiger partial charge in [0.25, 0.3) is 5.91 Å². The minimum Gasteiger partial charge on any atom is -0.461 e. The molecule has 35 heavy (non-hydrogen) atoms. The lowest BCUT2D eigenvalue weighted by atomic mass is 9.92. The number of esters is 1. The Morgan fingerprint density at radius 2 is 1.54 bits per heavy atom. The van der Waals surface area contributed by atoms with Crippen molar-refractivity contribution in [2.24, 2.45) is 5.92 Å². The van der Waals surface area contributed by atoms with Gasteiger partial charge in [-0.15, -0.1) is 0 Å². The number of aryl methyl sites for hydroxylation is 1. The summed E-state index contributed by atoms with van der Waals surface area (Å²) >= 11 is 0. The molecule has 8 nitrogen and oxygen atoms in total. The summed E-state index contributed by atoms with van der Waals surface area (Å²) < 4.78 is 5.11. The van der Waals surface area contributed by atoms with E-state index in [1.807, 2.05) is 11.8 Å². The van der Waals surface area contributed by atoms with Crippen LogP contribution in [0, 0.1) is 19.8 Å². The zero-order chi connectivity index (χ0) is 24.9. The molecule has 4 rings (SSSR count). The topological polar surface area (TPSA) is 85.9 Å². The van der Waals surface area contributed by atoms with E-state index in [2.05, 4.69) is 14.8 Å². The standard InChI is InChI=1S/C27H42N4O4/c1-4-35-27(34)25-19(2)24(20(3)28-25)26(33)31-12-10-21(11-13-31)18-23(32)30-16-14-29(15-17-30)22-8-6-5-7-9-22/h21-22,28H,4-18H2,1-3H3. The summed E-state index contributed by atoms with van der Waals surface area (Å²) in [5.74, 6) is 0.125. The van der Waals surface area contributed by atoms with Gasteiger partial charge >= 0.3 is 5.97 Å². The number of carbonyl (C=O) groups excluding carboxylic acids is 3. The highest BCUT2D eigenvalue weighted by Crippen LogP contribution is 2.27. The number of ether oxygens (including phenoxy) is 1. The van der Waals surface area contributed by atoms with E-state index in [1.54, 1.807) is 13.8 Å². The summed E-state index contributed by atoms with van der Waals surface area (Å²) in [4.78, 5) is 48.0. The molecule has 2 aliphatic heterocycles. The molecule has 3 heterocycles. The zero-order valence-electron chi connectivity index (χ0n) is 21.7. The number of nitrogens with zero attached hydrogens (tertiary/aromatic N) is 3. The third-order valence-electron chi connectivity index (χ3n) is 8.25. The van der Waals surface area contributed by atoms with Crippen LogP contribution in [0.3, 0.4) is 0 Å². The number of aromatic nitrogens is 1. The number of aromatic amines is 1. The number of amides is 2. The number of hydrogen-bond acceptors (Lipinski definition) is 5. The van der Waals surface area contributed by atoms with Gasteiger partial charge in [-0.1, -0.05) is 19.3 Å². The van der Waals surface area contributed by atoms with Crippen molar-refractivity contribution in [3.63, 3.8) is 0 Å². The number of carbonyl (C=O) groups is 3. The van der Waals surface area contributed by atoms with Crippen LogP contribution < -0.4 is 0 Å². The minimum absolute atomic E-state index is 0.0459. The fourth-order valence-electron chi connectivity index (χ4n) is 6.14. The molecule has 0 radical (unpaired) electrons. The van der Waals surface area contributed by atoms with E-state index < -0.39 is 5.97 Å². The van der Waals surface area contributed by atoms with E-state index >= 15 is 0 Å². The Morgan fingerprint density at radius 3 is 2.17 bits per heavy atom. The van der Waals surface area contributed by atoms with Gasteiger partial charge in [-0.3, -0.25) is 14.5 Å². The fourth-order valence-corrected chi connectivity index (χ4v) is 6.14. The van der Waals surface area contributed by atoms with E-state index in [1.165, 1.54) is 32.1 Å². The first kappa shape index (κ1) is 25.7. The van der Waals surface area contributed by atoms with Crippen molar-refractivity contribution < 1.29 is 19.1 Å². The summed E-state index contributed by atoms with van der Waals surface area (Å²) in [7, 11) is 0. The molecule has 0 bridgehead atoms. The Morgan fingerprint density at radius 1 is 0.886 bits per heavy atom. The molecule has 1 N–H and O–H groups in total. The molecular formula is C27H42N4O4. The maximum Gasteiger partial charge on any atom is 0.355 e. The van der Waals surface area contributed by atoms with Gasteiger partial charge in [0.05, 0.1) is 12.2 Å². The summed E-state index contributed by atoms with van der Waals surface area (Å²) in [5, 5.41) is 0. The van der Waals surface area contributed by atoms with Gasteiger partial charge in [-0.2, -0.15) is 0 Å². The first-order chi connectivity index (χ1) is 16.9. The molecule has 3 fully saturated rings. The molecular weight excluding hydrogens is 444 g/mol. The predicted octanol–water partition coefficient (Wildman–Crippen LogP) is 3.53. The van der Waals surface area contributed by atoms with Crippen LogP contribution in [0.2, 0.25) is 0 Å². The molecule has 3 aliphatic rings. The second-order valence-electron chi connectivity index (χ2n) is 10.5. The zero-order valence-corrected chi connectivity index (χ0v) is 21.7. The summed E-state index contributed by atoms with van der Waals surface area (Å²) in [5.41, 5.74) is 2.27. The Kier molecular flexibility index (Phi) is 8.52. The third kappa shape index (κ3) is 5.90. The van der Waals surface area contributed by atoms with Crippen molar-refractivity contribution in [1.29, 1.82) is 0 Å². The smallest absolute Gasteiger partial charge is 0.355 e. The fraction of sp³-hybridized carbons (Fsp3) is 0.741. The monoisotopic (exact) mass is 486 g/mol. The normalized spacial score (nSPS) is 20.8. The Balaban J connectivity index is 1.24. The lowest BCUT2D eigenvalue weighted by molar-refractivity contribution is -0.134. The van der Waals surface area contributed by atoms with Crippen molar-refractivity contribution in [2.75, 3.05) is 45.9 Å². The summed E-state index contributed by atoms with van der Waals surface area (Å²) in [6, 6.07) is 0.725. The van der Waals surface area contributed by atoms with Gasteiger partial charge in [-0.25, -0.2) is 4.79 Å². The van der Waals surface area contributed by atoms with E-state index in [0.29, 0.717) is 54.5 Å². The Labute approximate surface area is 209 Å². The van der Waals surface area contributed by atoms with Gasteiger partial charge in [0, 0.05) is 57.4 Å². The number of hydrogen-bond donors (Lipinski definition) is 1. The Hall–Kier alpha value is -2.35. The van der Waals surface area contributed by atoms with Crippen LogP contribution >= 0.6 is 0 Å². The van der Waals surface area contributed by atoms with Crippen LogP contribution in [-0.2, 0) is 9.53 Å². The van der Waals surface area contributed by atoms with E-state index in [9.17, 15) is 14.4 Å². The summed E-state index contributed by atoms with van der Waals surface area (Å²) in [6.07, 6.45) is 8.97. The maximum atomic E-state index is 13.2. The van der Waals surface area contributed by atoms with Crippen LogP contribution in [-0.4, -0.2) is 89.4 Å². The van der Waals surface area contributed by atoms with Gasteiger partial charge in [-0.05, 0) is 57.9 Å². The number of piperidine rings is 1. The molecule has 0 spiro atoms. The number of nitrogens with one attached hydrogen (secondary N) is 1. The second kappa shape index (κ2) is 11.6. The minimum atomic E-state index is -0.427. The summed E-state index contributed by atoms with van der Waals surface area (Å²) in [6.45, 7) is 10.7. The molecule has 0 aromatic carbocycles.